The summed E-state index contributed by atoms with van der Waals surface area (Å²) in [4.78, 5) is 0. The van der Waals surface area contributed by atoms with E-state index in [1.54, 1.807) is 6.20 Å². The van der Waals surface area contributed by atoms with Crippen LogP contribution < -0.4 is 5.32 Å². The van der Waals surface area contributed by atoms with Crippen LogP contribution in [0.2, 0.25) is 0 Å². The molecule has 0 spiro atoms. The van der Waals surface area contributed by atoms with Gasteiger partial charge < -0.3 is 5.32 Å². The third-order valence-electron chi connectivity index (χ3n) is 2.71. The van der Waals surface area contributed by atoms with Crippen molar-refractivity contribution >= 4 is 0 Å². The molecule has 0 aliphatic rings. The number of aryl methyl sites for hydroxylation is 1. The first-order valence-corrected chi connectivity index (χ1v) is 5.30. The molecule has 0 aliphatic carbocycles. The summed E-state index contributed by atoms with van der Waals surface area (Å²) in [6.45, 7) is 5.04. The zero-order chi connectivity index (χ0) is 11.6. The molecular weight excluding hydrogens is 202 g/mol. The monoisotopic (exact) mass is 219 g/mol. The summed E-state index contributed by atoms with van der Waals surface area (Å²) in [5, 5.41) is 14.5. The first kappa shape index (κ1) is 10.9. The lowest BCUT2D eigenvalue weighted by atomic mass is 9.98. The highest BCUT2D eigenvalue weighted by atomic mass is 15.2. The lowest BCUT2D eigenvalue weighted by Gasteiger charge is -2.24. The summed E-state index contributed by atoms with van der Waals surface area (Å²) in [6, 6.07) is 1.96. The molecule has 2 heterocycles. The number of nitrogens with zero attached hydrogens (tertiary/aromatic N) is 3. The molecule has 0 radical (unpaired) electrons. The molecule has 2 aromatic rings. The van der Waals surface area contributed by atoms with Gasteiger partial charge in [0, 0.05) is 42.8 Å². The minimum absolute atomic E-state index is 0.0978. The highest BCUT2D eigenvalue weighted by Gasteiger charge is 2.21. The van der Waals surface area contributed by atoms with Crippen molar-refractivity contribution in [1.29, 1.82) is 0 Å². The maximum Gasteiger partial charge on any atom is 0.0540 e. The number of rotatable bonds is 4. The number of nitrogens with one attached hydrogen (secondary N) is 2. The summed E-state index contributed by atoms with van der Waals surface area (Å²) >= 11 is 0. The highest BCUT2D eigenvalue weighted by Crippen LogP contribution is 2.19. The first-order valence-electron chi connectivity index (χ1n) is 5.30. The fourth-order valence-corrected chi connectivity index (χ4v) is 1.55. The Balaban J connectivity index is 2.02. The molecule has 0 amide bonds. The van der Waals surface area contributed by atoms with Gasteiger partial charge in [0.15, 0.2) is 0 Å². The van der Waals surface area contributed by atoms with Crippen molar-refractivity contribution in [3.05, 3.63) is 35.9 Å². The van der Waals surface area contributed by atoms with E-state index in [0.717, 1.165) is 12.2 Å². The fraction of sp³-hybridized carbons (Fsp3) is 0.455. The van der Waals surface area contributed by atoms with E-state index in [4.69, 9.17) is 0 Å². The summed E-state index contributed by atoms with van der Waals surface area (Å²) in [7, 11) is 1.93. The van der Waals surface area contributed by atoms with Crippen LogP contribution in [-0.4, -0.2) is 20.0 Å². The van der Waals surface area contributed by atoms with Crippen molar-refractivity contribution in [2.24, 2.45) is 7.05 Å². The molecular formula is C11H17N5. The van der Waals surface area contributed by atoms with Crippen molar-refractivity contribution in [2.45, 2.75) is 25.9 Å². The lowest BCUT2D eigenvalue weighted by molar-refractivity contribution is 0.398. The van der Waals surface area contributed by atoms with E-state index in [9.17, 15) is 0 Å². The van der Waals surface area contributed by atoms with Crippen LogP contribution in [0.25, 0.3) is 0 Å². The predicted octanol–water partition coefficient (Wildman–Crippen LogP) is 1.17. The molecule has 2 N–H and O–H groups in total. The van der Waals surface area contributed by atoms with Crippen LogP contribution >= 0.6 is 0 Å². The number of aromatic nitrogens is 4. The van der Waals surface area contributed by atoms with Gasteiger partial charge in [-0.2, -0.15) is 10.2 Å². The Hall–Kier alpha value is -1.62. The van der Waals surface area contributed by atoms with Crippen molar-refractivity contribution in [1.82, 2.24) is 25.3 Å². The molecule has 0 aliphatic heterocycles. The smallest absolute Gasteiger partial charge is 0.0540 e. The summed E-state index contributed by atoms with van der Waals surface area (Å²) in [6.07, 6.45) is 5.67. The van der Waals surface area contributed by atoms with Crippen LogP contribution in [0.4, 0.5) is 0 Å². The molecule has 0 bridgehead atoms. The summed E-state index contributed by atoms with van der Waals surface area (Å²) in [5.41, 5.74) is 2.16. The second-order valence-corrected chi connectivity index (χ2v) is 4.46. The van der Waals surface area contributed by atoms with Crippen LogP contribution in [0.5, 0.6) is 0 Å². The van der Waals surface area contributed by atoms with Gasteiger partial charge >= 0.3 is 0 Å². The number of hydrogen-bond donors (Lipinski definition) is 2. The Morgan fingerprint density at radius 1 is 1.50 bits per heavy atom. The molecule has 0 aromatic carbocycles. The van der Waals surface area contributed by atoms with Crippen LogP contribution in [0.3, 0.4) is 0 Å². The van der Waals surface area contributed by atoms with E-state index in [-0.39, 0.29) is 5.54 Å². The fourth-order valence-electron chi connectivity index (χ4n) is 1.55. The highest BCUT2D eigenvalue weighted by molar-refractivity contribution is 5.16. The number of aromatic amines is 1. The zero-order valence-electron chi connectivity index (χ0n) is 9.86. The number of H-pyrrole nitrogens is 1. The van der Waals surface area contributed by atoms with Crippen LogP contribution in [0.15, 0.2) is 24.7 Å². The van der Waals surface area contributed by atoms with Gasteiger partial charge in [-0.25, -0.2) is 0 Å². The van der Waals surface area contributed by atoms with Gasteiger partial charge in [-0.3, -0.25) is 9.78 Å². The van der Waals surface area contributed by atoms with Gasteiger partial charge in [-0.05, 0) is 19.9 Å². The predicted molar refractivity (Wildman–Crippen MR) is 61.7 cm³/mol. The lowest BCUT2D eigenvalue weighted by Crippen LogP contribution is -2.35. The Morgan fingerprint density at radius 2 is 2.31 bits per heavy atom. The average molecular weight is 219 g/mol. The minimum Gasteiger partial charge on any atom is -0.302 e. The molecule has 2 rings (SSSR count). The molecule has 16 heavy (non-hydrogen) atoms. The molecule has 0 saturated heterocycles. The summed E-state index contributed by atoms with van der Waals surface area (Å²) in [5.74, 6) is 0. The van der Waals surface area contributed by atoms with E-state index in [1.807, 2.05) is 30.2 Å². The Kier molecular flexibility index (Phi) is 2.78. The molecule has 5 heteroatoms. The maximum atomic E-state index is 4.18. The SMILES string of the molecule is Cn1cc(C(C)(C)NCc2ccn[nH]2)cn1. The van der Waals surface area contributed by atoms with Gasteiger partial charge in [0.1, 0.15) is 0 Å². The van der Waals surface area contributed by atoms with Gasteiger partial charge in [-0.1, -0.05) is 0 Å². The molecule has 86 valence electrons. The van der Waals surface area contributed by atoms with Crippen molar-refractivity contribution in [2.75, 3.05) is 0 Å². The molecule has 0 unspecified atom stereocenters. The van der Waals surface area contributed by atoms with Crippen molar-refractivity contribution in [3.8, 4) is 0 Å². The standard InChI is InChI=1S/C11H17N5/c1-11(2,9-6-14-16(3)8-9)12-7-10-4-5-13-15-10/h4-6,8,12H,7H2,1-3H3,(H,13,15). The third kappa shape index (κ3) is 2.30. The van der Waals surface area contributed by atoms with Gasteiger partial charge in [0.2, 0.25) is 0 Å². The molecule has 0 fully saturated rings. The average Bonchev–Trinajstić information content (AvgIpc) is 2.85. The quantitative estimate of drug-likeness (QED) is 0.811. The van der Waals surface area contributed by atoms with Gasteiger partial charge in [-0.15, -0.1) is 0 Å². The van der Waals surface area contributed by atoms with Crippen molar-refractivity contribution < 1.29 is 0 Å². The second kappa shape index (κ2) is 4.09. The number of hydrogen-bond acceptors (Lipinski definition) is 3. The largest absolute Gasteiger partial charge is 0.302 e. The van der Waals surface area contributed by atoms with E-state index < -0.39 is 0 Å². The van der Waals surface area contributed by atoms with E-state index in [2.05, 4.69) is 34.5 Å². The van der Waals surface area contributed by atoms with Crippen LogP contribution in [0.1, 0.15) is 25.1 Å². The Bertz CT molecular complexity index is 441. The normalized spacial score (nSPS) is 11.9. The molecule has 2 aromatic heterocycles. The molecule has 0 atom stereocenters. The van der Waals surface area contributed by atoms with Gasteiger partial charge in [0.05, 0.1) is 6.20 Å². The topological polar surface area (TPSA) is 58.5 Å². The minimum atomic E-state index is -0.0978. The first-order chi connectivity index (χ1) is 7.58. The third-order valence-corrected chi connectivity index (χ3v) is 2.71. The van der Waals surface area contributed by atoms with E-state index in [0.29, 0.717) is 0 Å². The van der Waals surface area contributed by atoms with E-state index >= 15 is 0 Å². The maximum absolute atomic E-state index is 4.18. The molecule has 5 nitrogen and oxygen atoms in total. The van der Waals surface area contributed by atoms with E-state index in [1.165, 1.54) is 5.56 Å². The van der Waals surface area contributed by atoms with Crippen molar-refractivity contribution in [3.63, 3.8) is 0 Å². The van der Waals surface area contributed by atoms with Crippen LogP contribution in [-0.2, 0) is 19.1 Å². The Morgan fingerprint density at radius 3 is 2.88 bits per heavy atom. The van der Waals surface area contributed by atoms with Crippen LogP contribution in [0, 0.1) is 0 Å². The zero-order valence-corrected chi connectivity index (χ0v) is 9.86. The molecule has 0 saturated carbocycles. The van der Waals surface area contributed by atoms with Gasteiger partial charge in [0.25, 0.3) is 0 Å². The second-order valence-electron chi connectivity index (χ2n) is 4.46. The Labute approximate surface area is 94.9 Å². The summed E-state index contributed by atoms with van der Waals surface area (Å²) < 4.78 is 1.81.